The van der Waals surface area contributed by atoms with Crippen LogP contribution in [0, 0.1) is 0 Å². The number of hydrogen-bond acceptors (Lipinski definition) is 5. The smallest absolute Gasteiger partial charge is 0.238 e. The van der Waals surface area contributed by atoms with Gasteiger partial charge < -0.3 is 14.8 Å². The summed E-state index contributed by atoms with van der Waals surface area (Å²) in [6, 6.07) is 15.4. The molecule has 1 N–H and O–H groups in total. The first-order valence-electron chi connectivity index (χ1n) is 9.72. The fourth-order valence-corrected chi connectivity index (χ4v) is 3.23. The van der Waals surface area contributed by atoms with E-state index in [2.05, 4.69) is 15.3 Å². The molecule has 3 aromatic rings. The number of aromatic nitrogens is 2. The Hall–Kier alpha value is -3.32. The van der Waals surface area contributed by atoms with E-state index in [0.29, 0.717) is 43.5 Å². The Balaban J connectivity index is 1.35. The van der Waals surface area contributed by atoms with Crippen molar-refractivity contribution in [2.75, 3.05) is 31.6 Å². The summed E-state index contributed by atoms with van der Waals surface area (Å²) >= 11 is 0. The standard InChI is InChI=1S/C22H24N4O3/c1-2-25(14-17-13-23-26(15-17)19-6-4-3-5-7-19)16-22(27)24-18-8-9-20-21(12-18)29-11-10-28-20/h3-9,12-13,15H,2,10-11,14,16H2,1H3,(H,24,27). The molecule has 1 aliphatic heterocycles. The van der Waals surface area contributed by atoms with Gasteiger partial charge in [-0.2, -0.15) is 5.10 Å². The Labute approximate surface area is 169 Å². The first-order chi connectivity index (χ1) is 14.2. The number of rotatable bonds is 7. The number of carbonyl (C=O) groups is 1. The van der Waals surface area contributed by atoms with E-state index < -0.39 is 0 Å². The number of nitrogens with zero attached hydrogens (tertiary/aromatic N) is 3. The molecule has 0 aliphatic carbocycles. The maximum absolute atomic E-state index is 12.5. The summed E-state index contributed by atoms with van der Waals surface area (Å²) in [6.07, 6.45) is 3.84. The zero-order valence-electron chi connectivity index (χ0n) is 16.4. The third-order valence-electron chi connectivity index (χ3n) is 4.70. The predicted octanol–water partition coefficient (Wildman–Crippen LogP) is 3.10. The van der Waals surface area contributed by atoms with Crippen LogP contribution >= 0.6 is 0 Å². The van der Waals surface area contributed by atoms with Crippen LogP contribution in [-0.2, 0) is 11.3 Å². The fourth-order valence-electron chi connectivity index (χ4n) is 3.23. The summed E-state index contributed by atoms with van der Waals surface area (Å²) < 4.78 is 12.9. The molecule has 1 amide bonds. The third-order valence-corrected chi connectivity index (χ3v) is 4.70. The monoisotopic (exact) mass is 392 g/mol. The highest BCUT2D eigenvalue weighted by Gasteiger charge is 2.15. The summed E-state index contributed by atoms with van der Waals surface area (Å²) in [4.78, 5) is 14.6. The summed E-state index contributed by atoms with van der Waals surface area (Å²) in [5.74, 6) is 1.30. The van der Waals surface area contributed by atoms with Gasteiger partial charge in [-0.3, -0.25) is 9.69 Å². The minimum atomic E-state index is -0.0704. The van der Waals surface area contributed by atoms with Crippen LogP contribution in [0.2, 0.25) is 0 Å². The van der Waals surface area contributed by atoms with Gasteiger partial charge in [-0.05, 0) is 30.8 Å². The molecule has 1 aromatic heterocycles. The number of amides is 1. The number of hydrogen-bond donors (Lipinski definition) is 1. The van der Waals surface area contributed by atoms with E-state index in [1.165, 1.54) is 0 Å². The van der Waals surface area contributed by atoms with E-state index in [4.69, 9.17) is 9.47 Å². The Kier molecular flexibility index (Phi) is 5.76. The van der Waals surface area contributed by atoms with E-state index in [-0.39, 0.29) is 5.91 Å². The van der Waals surface area contributed by atoms with E-state index in [9.17, 15) is 4.79 Å². The lowest BCUT2D eigenvalue weighted by Gasteiger charge is -2.20. The molecule has 29 heavy (non-hydrogen) atoms. The quantitative estimate of drug-likeness (QED) is 0.669. The van der Waals surface area contributed by atoms with Crippen molar-refractivity contribution in [3.05, 3.63) is 66.5 Å². The molecule has 2 aromatic carbocycles. The highest BCUT2D eigenvalue weighted by molar-refractivity contribution is 5.92. The Bertz CT molecular complexity index is 971. The average molecular weight is 392 g/mol. The molecule has 150 valence electrons. The van der Waals surface area contributed by atoms with Crippen molar-refractivity contribution in [3.8, 4) is 17.2 Å². The lowest BCUT2D eigenvalue weighted by molar-refractivity contribution is -0.117. The van der Waals surface area contributed by atoms with Gasteiger partial charge in [0.2, 0.25) is 5.91 Å². The van der Waals surface area contributed by atoms with Crippen LogP contribution in [0.25, 0.3) is 5.69 Å². The Morgan fingerprint density at radius 1 is 1.14 bits per heavy atom. The Morgan fingerprint density at radius 2 is 1.93 bits per heavy atom. The van der Waals surface area contributed by atoms with Crippen LogP contribution in [0.4, 0.5) is 5.69 Å². The molecule has 7 nitrogen and oxygen atoms in total. The molecule has 0 atom stereocenters. The molecule has 7 heteroatoms. The second kappa shape index (κ2) is 8.79. The summed E-state index contributed by atoms with van der Waals surface area (Å²) in [6.45, 7) is 4.80. The van der Waals surface area contributed by atoms with Crippen molar-refractivity contribution in [1.82, 2.24) is 14.7 Å². The zero-order chi connectivity index (χ0) is 20.1. The minimum absolute atomic E-state index is 0.0704. The molecule has 0 spiro atoms. The van der Waals surface area contributed by atoms with Crippen molar-refractivity contribution in [2.24, 2.45) is 0 Å². The summed E-state index contributed by atoms with van der Waals surface area (Å²) in [5, 5.41) is 7.36. The minimum Gasteiger partial charge on any atom is -0.486 e. The van der Waals surface area contributed by atoms with Gasteiger partial charge in [0.1, 0.15) is 13.2 Å². The number of likely N-dealkylation sites (N-methyl/N-ethyl adjacent to an activating group) is 1. The largest absolute Gasteiger partial charge is 0.486 e. The fraction of sp³-hybridized carbons (Fsp3) is 0.273. The second-order valence-corrected chi connectivity index (χ2v) is 6.84. The molecule has 0 fully saturated rings. The van der Waals surface area contributed by atoms with Gasteiger partial charge >= 0.3 is 0 Å². The van der Waals surface area contributed by atoms with Crippen molar-refractivity contribution in [3.63, 3.8) is 0 Å². The van der Waals surface area contributed by atoms with Crippen LogP contribution in [0.5, 0.6) is 11.5 Å². The number of anilines is 1. The van der Waals surface area contributed by atoms with Crippen LogP contribution in [0.3, 0.4) is 0 Å². The van der Waals surface area contributed by atoms with Crippen LogP contribution in [0.15, 0.2) is 60.9 Å². The number of carbonyl (C=O) groups excluding carboxylic acids is 1. The van der Waals surface area contributed by atoms with Gasteiger partial charge in [0.15, 0.2) is 11.5 Å². The molecule has 4 rings (SSSR count). The second-order valence-electron chi connectivity index (χ2n) is 6.84. The number of ether oxygens (including phenoxy) is 2. The number of para-hydroxylation sites is 1. The number of nitrogens with one attached hydrogen (secondary N) is 1. The first-order valence-corrected chi connectivity index (χ1v) is 9.72. The van der Waals surface area contributed by atoms with Gasteiger partial charge in [0, 0.05) is 30.1 Å². The normalized spacial score (nSPS) is 12.8. The molecule has 0 bridgehead atoms. The molecule has 2 heterocycles. The van der Waals surface area contributed by atoms with Crippen LogP contribution < -0.4 is 14.8 Å². The van der Waals surface area contributed by atoms with Crippen LogP contribution in [-0.4, -0.2) is 46.9 Å². The maximum Gasteiger partial charge on any atom is 0.238 e. The molecule has 1 aliphatic rings. The van der Waals surface area contributed by atoms with Gasteiger partial charge in [-0.25, -0.2) is 4.68 Å². The molecule has 0 radical (unpaired) electrons. The highest BCUT2D eigenvalue weighted by Crippen LogP contribution is 2.32. The average Bonchev–Trinajstić information content (AvgIpc) is 3.22. The number of fused-ring (bicyclic) bond motifs is 1. The van der Waals surface area contributed by atoms with Crippen molar-refractivity contribution < 1.29 is 14.3 Å². The first kappa shape index (κ1) is 19.0. The Morgan fingerprint density at radius 3 is 2.72 bits per heavy atom. The lowest BCUT2D eigenvalue weighted by Crippen LogP contribution is -2.32. The molecule has 0 unspecified atom stereocenters. The van der Waals surface area contributed by atoms with Crippen LogP contribution in [0.1, 0.15) is 12.5 Å². The van der Waals surface area contributed by atoms with Gasteiger partial charge in [-0.1, -0.05) is 25.1 Å². The molecule has 0 saturated carbocycles. The highest BCUT2D eigenvalue weighted by atomic mass is 16.6. The molecular weight excluding hydrogens is 368 g/mol. The summed E-state index contributed by atoms with van der Waals surface area (Å²) in [5.41, 5.74) is 2.77. The SMILES string of the molecule is CCN(CC(=O)Nc1ccc2c(c1)OCCO2)Cc1cnn(-c2ccccc2)c1. The van der Waals surface area contributed by atoms with Gasteiger partial charge in [0.05, 0.1) is 18.4 Å². The van der Waals surface area contributed by atoms with Gasteiger partial charge in [0.25, 0.3) is 0 Å². The lowest BCUT2D eigenvalue weighted by atomic mass is 10.2. The summed E-state index contributed by atoms with van der Waals surface area (Å²) in [7, 11) is 0. The zero-order valence-corrected chi connectivity index (χ0v) is 16.4. The van der Waals surface area contributed by atoms with E-state index in [1.54, 1.807) is 6.07 Å². The third kappa shape index (κ3) is 4.75. The predicted molar refractivity (Wildman–Crippen MR) is 111 cm³/mol. The van der Waals surface area contributed by atoms with Crippen molar-refractivity contribution in [2.45, 2.75) is 13.5 Å². The molecule has 0 saturated heterocycles. The van der Waals surface area contributed by atoms with Crippen molar-refractivity contribution >= 4 is 11.6 Å². The van der Waals surface area contributed by atoms with E-state index in [1.807, 2.05) is 66.5 Å². The number of benzene rings is 2. The molecular formula is C22H24N4O3. The van der Waals surface area contributed by atoms with E-state index in [0.717, 1.165) is 17.8 Å². The van der Waals surface area contributed by atoms with Crippen molar-refractivity contribution in [1.29, 1.82) is 0 Å². The van der Waals surface area contributed by atoms with E-state index >= 15 is 0 Å². The topological polar surface area (TPSA) is 68.6 Å². The maximum atomic E-state index is 12.5. The van der Waals surface area contributed by atoms with Gasteiger partial charge in [-0.15, -0.1) is 0 Å².